The van der Waals surface area contributed by atoms with Crippen LogP contribution in [0.4, 0.5) is 13.2 Å². The van der Waals surface area contributed by atoms with Crippen LogP contribution in [0.25, 0.3) is 11.3 Å². The second-order valence-corrected chi connectivity index (χ2v) is 9.76. The van der Waals surface area contributed by atoms with Gasteiger partial charge in [-0.05, 0) is 43.9 Å². The third-order valence-corrected chi connectivity index (χ3v) is 6.35. The van der Waals surface area contributed by atoms with Gasteiger partial charge in [0.15, 0.2) is 5.43 Å². The monoisotopic (exact) mass is 525 g/mol. The van der Waals surface area contributed by atoms with E-state index in [1.165, 1.54) is 25.4 Å². The summed E-state index contributed by atoms with van der Waals surface area (Å²) in [6, 6.07) is 3.88. The number of alkyl halides is 3. The van der Waals surface area contributed by atoms with Gasteiger partial charge in [0.25, 0.3) is 0 Å². The smallest absolute Gasteiger partial charge is 0.427 e. The third-order valence-electron chi connectivity index (χ3n) is 6.35. The van der Waals surface area contributed by atoms with Crippen molar-refractivity contribution in [3.63, 3.8) is 0 Å². The van der Waals surface area contributed by atoms with E-state index in [9.17, 15) is 32.7 Å². The van der Waals surface area contributed by atoms with Gasteiger partial charge in [-0.25, -0.2) is 9.59 Å². The number of nitrogens with zero attached hydrogens (tertiary/aromatic N) is 1. The molecule has 0 bridgehead atoms. The lowest BCUT2D eigenvalue weighted by molar-refractivity contribution is -0.244. The minimum atomic E-state index is -4.81. The maximum Gasteiger partial charge on any atom is 0.427 e. The number of carboxylic acids is 1. The number of benzene rings is 1. The van der Waals surface area contributed by atoms with Crippen LogP contribution < -0.4 is 10.2 Å². The van der Waals surface area contributed by atoms with Crippen molar-refractivity contribution in [2.75, 3.05) is 20.3 Å². The molecule has 11 heteroatoms. The maximum atomic E-state index is 13.4. The first-order valence-corrected chi connectivity index (χ1v) is 11.8. The normalized spacial score (nSPS) is 15.2. The Bertz CT molecular complexity index is 1250. The van der Waals surface area contributed by atoms with Crippen LogP contribution in [0.15, 0.2) is 29.2 Å². The van der Waals surface area contributed by atoms with Crippen LogP contribution in [0.5, 0.6) is 5.75 Å². The number of rotatable bonds is 9. The van der Waals surface area contributed by atoms with E-state index in [1.807, 2.05) is 13.8 Å². The van der Waals surface area contributed by atoms with Gasteiger partial charge in [-0.3, -0.25) is 4.79 Å². The molecule has 1 aliphatic heterocycles. The summed E-state index contributed by atoms with van der Waals surface area (Å²) in [5.74, 6) is -2.52. The largest absolute Gasteiger partial charge is 0.493 e. The quantitative estimate of drug-likeness (QED) is 0.368. The molecule has 2 heterocycles. The van der Waals surface area contributed by atoms with Crippen molar-refractivity contribution in [3.8, 4) is 17.0 Å². The number of carbonyl (C=O) groups is 2. The average molecular weight is 526 g/mol. The van der Waals surface area contributed by atoms with Crippen LogP contribution in [-0.2, 0) is 15.9 Å². The number of aromatic nitrogens is 1. The zero-order valence-electron chi connectivity index (χ0n) is 21.3. The van der Waals surface area contributed by atoms with Crippen molar-refractivity contribution in [1.82, 2.24) is 4.57 Å². The summed E-state index contributed by atoms with van der Waals surface area (Å²) in [7, 11) is 1.52. The summed E-state index contributed by atoms with van der Waals surface area (Å²) >= 11 is 0. The second kappa shape index (κ2) is 10.6. The molecule has 1 atom stereocenters. The number of pyridine rings is 1. The van der Waals surface area contributed by atoms with Crippen LogP contribution in [0.3, 0.4) is 0 Å². The van der Waals surface area contributed by atoms with Crippen molar-refractivity contribution < 1.29 is 42.1 Å². The summed E-state index contributed by atoms with van der Waals surface area (Å²) in [4.78, 5) is 37.2. The molecule has 8 nitrogen and oxygen atoms in total. The van der Waals surface area contributed by atoms with E-state index in [2.05, 4.69) is 0 Å². The minimum Gasteiger partial charge on any atom is -0.493 e. The third kappa shape index (κ3) is 5.82. The number of carboxylic acid groups (broad SMARTS) is 1. The molecular weight excluding hydrogens is 495 g/mol. The molecule has 0 amide bonds. The van der Waals surface area contributed by atoms with Gasteiger partial charge in [-0.15, -0.1) is 0 Å². The zero-order valence-corrected chi connectivity index (χ0v) is 21.3. The van der Waals surface area contributed by atoms with E-state index in [0.717, 1.165) is 13.8 Å². The van der Waals surface area contributed by atoms with Crippen molar-refractivity contribution in [2.45, 2.75) is 58.4 Å². The van der Waals surface area contributed by atoms with E-state index < -0.39 is 34.7 Å². The number of halogens is 3. The lowest BCUT2D eigenvalue weighted by atomic mass is 9.86. The fraction of sp³-hybridized carbons (Fsp3) is 0.500. The highest BCUT2D eigenvalue weighted by atomic mass is 19.4. The molecule has 202 valence electrons. The zero-order chi connectivity index (χ0) is 27.7. The number of aromatic carboxylic acids is 1. The Hall–Kier alpha value is -3.34. The molecule has 1 N–H and O–H groups in total. The summed E-state index contributed by atoms with van der Waals surface area (Å²) in [6.07, 6.45) is -2.65. The number of ether oxygens (including phenoxy) is 3. The molecule has 0 fully saturated rings. The molecule has 0 aliphatic carbocycles. The number of methoxy groups -OCH3 is 1. The molecule has 1 aromatic carbocycles. The van der Waals surface area contributed by atoms with Crippen molar-refractivity contribution in [3.05, 3.63) is 51.3 Å². The van der Waals surface area contributed by atoms with Gasteiger partial charge in [0.05, 0.1) is 12.3 Å². The average Bonchev–Trinajstić information content (AvgIpc) is 2.79. The SMILES string of the molecule is COCCCOc1cc2c(cc1C(=O)OC(C)(C)C(F)(F)F)-c1cc(=O)c(C(=O)O)cn1C(C(C)C)C2. The Morgan fingerprint density at radius 3 is 2.38 bits per heavy atom. The van der Waals surface area contributed by atoms with E-state index in [1.54, 1.807) is 10.6 Å². The van der Waals surface area contributed by atoms with Crippen molar-refractivity contribution in [2.24, 2.45) is 5.92 Å². The highest BCUT2D eigenvalue weighted by Crippen LogP contribution is 2.41. The maximum absolute atomic E-state index is 13.4. The molecule has 37 heavy (non-hydrogen) atoms. The number of fused-ring (bicyclic) bond motifs is 3. The summed E-state index contributed by atoms with van der Waals surface area (Å²) in [5, 5.41) is 9.44. The molecule has 3 rings (SSSR count). The van der Waals surface area contributed by atoms with E-state index in [0.29, 0.717) is 36.3 Å². The predicted molar refractivity (Wildman–Crippen MR) is 128 cm³/mol. The highest BCUT2D eigenvalue weighted by Gasteiger charge is 2.51. The molecule has 2 aromatic rings. The first kappa shape index (κ1) is 28.2. The van der Waals surface area contributed by atoms with Crippen LogP contribution in [0.2, 0.25) is 0 Å². The Labute approximate surface area is 212 Å². The lowest BCUT2D eigenvalue weighted by Crippen LogP contribution is -2.43. The van der Waals surface area contributed by atoms with Crippen LogP contribution in [0, 0.1) is 5.92 Å². The van der Waals surface area contributed by atoms with Crippen molar-refractivity contribution >= 4 is 11.9 Å². The molecule has 0 saturated carbocycles. The first-order valence-electron chi connectivity index (χ1n) is 11.8. The van der Waals surface area contributed by atoms with Crippen LogP contribution in [0.1, 0.15) is 66.4 Å². The van der Waals surface area contributed by atoms with E-state index >= 15 is 0 Å². The Morgan fingerprint density at radius 1 is 1.14 bits per heavy atom. The molecule has 0 spiro atoms. The van der Waals surface area contributed by atoms with Crippen molar-refractivity contribution in [1.29, 1.82) is 0 Å². The summed E-state index contributed by atoms with van der Waals surface area (Å²) < 4.78 is 57.6. The standard InChI is InChI=1S/C26H30F3NO7/c1-14(2)19-9-15-10-22(36-8-6-7-35-5)17(24(34)37-25(3,4)26(27,28)29)11-16(15)20-12-21(31)18(23(32)33)13-30(19)20/h10-14,19H,6-9H2,1-5H3,(H,32,33). The molecule has 1 unspecified atom stereocenters. The fourth-order valence-corrected chi connectivity index (χ4v) is 4.12. The number of hydrogen-bond acceptors (Lipinski definition) is 6. The lowest BCUT2D eigenvalue weighted by Gasteiger charge is -2.34. The Morgan fingerprint density at radius 2 is 1.81 bits per heavy atom. The van der Waals surface area contributed by atoms with E-state index in [4.69, 9.17) is 14.2 Å². The van der Waals surface area contributed by atoms with Gasteiger partial charge in [-0.2, -0.15) is 13.2 Å². The second-order valence-electron chi connectivity index (χ2n) is 9.76. The van der Waals surface area contributed by atoms with E-state index in [-0.39, 0.29) is 29.9 Å². The number of carbonyl (C=O) groups excluding carboxylic acids is 1. The molecule has 1 aliphatic rings. The molecule has 1 aromatic heterocycles. The summed E-state index contributed by atoms with van der Waals surface area (Å²) in [5.41, 5.74) is -2.66. The van der Waals surface area contributed by atoms with Crippen LogP contribution in [-0.4, -0.2) is 53.7 Å². The van der Waals surface area contributed by atoms with Gasteiger partial charge in [-0.1, -0.05) is 13.8 Å². The predicted octanol–water partition coefficient (Wildman–Crippen LogP) is 4.88. The number of esters is 1. The Balaban J connectivity index is 2.18. The number of hydrogen-bond donors (Lipinski definition) is 1. The Kier molecular flexibility index (Phi) is 8.06. The van der Waals surface area contributed by atoms with Crippen LogP contribution >= 0.6 is 0 Å². The van der Waals surface area contributed by atoms with Gasteiger partial charge in [0.2, 0.25) is 5.60 Å². The molecule has 0 radical (unpaired) electrons. The van der Waals surface area contributed by atoms with Gasteiger partial charge < -0.3 is 23.9 Å². The molecule has 0 saturated heterocycles. The minimum absolute atomic E-state index is 0.0411. The van der Waals surface area contributed by atoms with Gasteiger partial charge >= 0.3 is 18.1 Å². The fourth-order valence-electron chi connectivity index (χ4n) is 4.12. The summed E-state index contributed by atoms with van der Waals surface area (Å²) in [6.45, 7) is 5.91. The van der Waals surface area contributed by atoms with Gasteiger partial charge in [0, 0.05) is 44.0 Å². The first-order chi connectivity index (χ1) is 17.2. The topological polar surface area (TPSA) is 104 Å². The highest BCUT2D eigenvalue weighted by molar-refractivity contribution is 5.95. The van der Waals surface area contributed by atoms with Gasteiger partial charge in [0.1, 0.15) is 16.9 Å². The molecular formula is C26H30F3NO7.